The number of hydrogen-bond acceptors (Lipinski definition) is 6. The molecule has 0 heterocycles. The van der Waals surface area contributed by atoms with E-state index >= 15 is 0 Å². The van der Waals surface area contributed by atoms with Crippen LogP contribution in [0.1, 0.15) is 44.5 Å². The number of methoxy groups -OCH3 is 4. The molecule has 0 saturated carbocycles. The van der Waals surface area contributed by atoms with Crippen molar-refractivity contribution in [1.29, 1.82) is 0 Å². The maximum absolute atomic E-state index is 5.74. The predicted molar refractivity (Wildman–Crippen MR) is 275 cm³/mol. The van der Waals surface area contributed by atoms with Crippen molar-refractivity contribution in [2.75, 3.05) is 53.5 Å². The van der Waals surface area contributed by atoms with E-state index in [9.17, 15) is 0 Å². The van der Waals surface area contributed by atoms with Gasteiger partial charge in [0.15, 0.2) is 0 Å². The van der Waals surface area contributed by atoms with Crippen LogP contribution in [0, 0.1) is 55.4 Å². The lowest BCUT2D eigenvalue weighted by atomic mass is 9.79. The zero-order chi connectivity index (χ0) is 45.2. The molecule has 0 atom stereocenters. The van der Waals surface area contributed by atoms with Gasteiger partial charge >= 0.3 is 0 Å². The third-order valence-corrected chi connectivity index (χ3v) is 11.9. The van der Waals surface area contributed by atoms with E-state index in [0.717, 1.165) is 23.0 Å². The van der Waals surface area contributed by atoms with Crippen molar-refractivity contribution in [2.45, 2.75) is 55.4 Å². The third kappa shape index (κ3) is 8.44. The molecular formula is C56H62O4S2. The molecule has 0 fully saturated rings. The van der Waals surface area contributed by atoms with Crippen molar-refractivity contribution >= 4 is 55.8 Å². The molecule has 8 rings (SSSR count). The van der Waals surface area contributed by atoms with Gasteiger partial charge in [-0.1, -0.05) is 24.3 Å². The molecule has 8 aromatic carbocycles. The number of benzene rings is 8. The predicted octanol–water partition coefficient (Wildman–Crippen LogP) is 15.7. The van der Waals surface area contributed by atoms with Gasteiger partial charge in [-0.2, -0.15) is 23.5 Å². The van der Waals surface area contributed by atoms with Crippen LogP contribution in [0.3, 0.4) is 0 Å². The second kappa shape index (κ2) is 19.4. The zero-order valence-corrected chi connectivity index (χ0v) is 41.2. The Morgan fingerprint density at radius 2 is 0.452 bits per heavy atom. The minimum absolute atomic E-state index is 0.869. The SMILES string of the molecule is COc1cc(C)c(-c2cc(-c3c(C)cc(OC)cc3C)c3ccc4c(-c5c(C)cc(OC)cc5C)cc(-c5c(C)cc(OC)cc5C)c5ccc2c3c54)c(C)c1.CSC.CSC. The molecule has 0 saturated heterocycles. The zero-order valence-electron chi connectivity index (χ0n) is 39.5. The van der Waals surface area contributed by atoms with Crippen LogP contribution in [-0.2, 0) is 0 Å². The highest BCUT2D eigenvalue weighted by Crippen LogP contribution is 2.51. The van der Waals surface area contributed by atoms with E-state index in [2.05, 4.69) is 140 Å². The smallest absolute Gasteiger partial charge is 0.119 e. The highest BCUT2D eigenvalue weighted by molar-refractivity contribution is 7.98. The number of thioether (sulfide) groups is 2. The summed E-state index contributed by atoms with van der Waals surface area (Å²) < 4.78 is 23.0. The molecule has 322 valence electrons. The monoisotopic (exact) mass is 862 g/mol. The Kier molecular flexibility index (Phi) is 14.5. The van der Waals surface area contributed by atoms with Gasteiger partial charge in [-0.25, -0.2) is 0 Å². The highest BCUT2D eigenvalue weighted by Gasteiger charge is 2.25. The van der Waals surface area contributed by atoms with Gasteiger partial charge in [0, 0.05) is 0 Å². The maximum atomic E-state index is 5.74. The average molecular weight is 863 g/mol. The topological polar surface area (TPSA) is 36.9 Å². The Bertz CT molecular complexity index is 2450. The molecule has 4 nitrogen and oxygen atoms in total. The number of ether oxygens (including phenoxy) is 4. The maximum Gasteiger partial charge on any atom is 0.119 e. The van der Waals surface area contributed by atoms with Crippen LogP contribution in [0.25, 0.3) is 76.8 Å². The molecule has 0 spiro atoms. The summed E-state index contributed by atoms with van der Waals surface area (Å²) in [5, 5.41) is 7.47. The molecule has 0 aliphatic heterocycles. The second-order valence-electron chi connectivity index (χ2n) is 16.4. The molecule has 0 amide bonds. The Morgan fingerprint density at radius 3 is 0.597 bits per heavy atom. The van der Waals surface area contributed by atoms with Crippen LogP contribution in [0.4, 0.5) is 0 Å². The summed E-state index contributed by atoms with van der Waals surface area (Å²) in [6.07, 6.45) is 8.17. The number of hydrogen-bond donors (Lipinski definition) is 0. The average Bonchev–Trinajstić information content (AvgIpc) is 3.23. The summed E-state index contributed by atoms with van der Waals surface area (Å²) in [5.41, 5.74) is 19.3. The largest absolute Gasteiger partial charge is 0.497 e. The molecule has 0 unspecified atom stereocenters. The van der Waals surface area contributed by atoms with E-state index in [4.69, 9.17) is 18.9 Å². The molecule has 6 heteroatoms. The van der Waals surface area contributed by atoms with Crippen molar-refractivity contribution in [2.24, 2.45) is 0 Å². The van der Waals surface area contributed by atoms with Crippen LogP contribution in [0.15, 0.2) is 84.9 Å². The van der Waals surface area contributed by atoms with Crippen molar-refractivity contribution in [3.63, 3.8) is 0 Å². The minimum atomic E-state index is 0.869. The van der Waals surface area contributed by atoms with E-state index in [1.165, 1.54) is 121 Å². The minimum Gasteiger partial charge on any atom is -0.497 e. The fourth-order valence-electron chi connectivity index (χ4n) is 9.69. The first kappa shape index (κ1) is 46.2. The van der Waals surface area contributed by atoms with Gasteiger partial charge in [0.05, 0.1) is 28.4 Å². The quantitative estimate of drug-likeness (QED) is 0.142. The number of aryl methyl sites for hydroxylation is 8. The van der Waals surface area contributed by atoms with Gasteiger partial charge < -0.3 is 18.9 Å². The van der Waals surface area contributed by atoms with Crippen LogP contribution < -0.4 is 18.9 Å². The van der Waals surface area contributed by atoms with E-state index in [1.54, 1.807) is 52.0 Å². The van der Waals surface area contributed by atoms with Crippen molar-refractivity contribution in [1.82, 2.24) is 0 Å². The Labute approximate surface area is 378 Å². The van der Waals surface area contributed by atoms with Crippen molar-refractivity contribution in [3.05, 3.63) is 129 Å². The molecule has 8 aromatic rings. The third-order valence-electron chi connectivity index (χ3n) is 11.9. The lowest BCUT2D eigenvalue weighted by Gasteiger charge is -2.25. The Balaban J connectivity index is 0.00000101. The lowest BCUT2D eigenvalue weighted by molar-refractivity contribution is 0.414. The fourth-order valence-corrected chi connectivity index (χ4v) is 9.69. The highest BCUT2D eigenvalue weighted by atomic mass is 32.2. The standard InChI is InChI=1S/C52H50O4.2C2H6S/c1-27-17-35(53-9)18-28(2)47(27)43-25-44(48-29(3)19-36(54-10)20-30(48)4)40-15-16-42-46(50-33(7)23-38(56-12)24-34(50)8)26-45(41-14-13-39(43)51(40)52(41)42)49-31(5)21-37(55-11)22-32(49)6;2*1-3-2/h13-26H,1-12H3;2*1-2H3. The molecule has 0 N–H and O–H groups in total. The molecule has 0 bridgehead atoms. The first-order valence-corrected chi connectivity index (χ1v) is 24.2. The molecule has 0 radical (unpaired) electrons. The molecule has 0 aliphatic carbocycles. The lowest BCUT2D eigenvalue weighted by Crippen LogP contribution is -2.00. The van der Waals surface area contributed by atoms with Gasteiger partial charge in [-0.15, -0.1) is 0 Å². The van der Waals surface area contributed by atoms with Gasteiger partial charge in [-0.05, 0) is 262 Å². The molecule has 0 aromatic heterocycles. The summed E-state index contributed by atoms with van der Waals surface area (Å²) in [7, 11) is 6.96. The fraction of sp³-hybridized carbons (Fsp3) is 0.286. The van der Waals surface area contributed by atoms with Crippen LogP contribution in [0.2, 0.25) is 0 Å². The van der Waals surface area contributed by atoms with Gasteiger partial charge in [0.1, 0.15) is 23.0 Å². The summed E-state index contributed by atoms with van der Waals surface area (Å²) >= 11 is 3.50. The van der Waals surface area contributed by atoms with Crippen LogP contribution in [0.5, 0.6) is 23.0 Å². The normalized spacial score (nSPS) is 11.0. The first-order valence-electron chi connectivity index (χ1n) is 20.9. The Morgan fingerprint density at radius 1 is 0.290 bits per heavy atom. The van der Waals surface area contributed by atoms with Crippen LogP contribution >= 0.6 is 23.5 Å². The van der Waals surface area contributed by atoms with E-state index in [0.29, 0.717) is 0 Å². The first-order chi connectivity index (χ1) is 29.7. The second-order valence-corrected chi connectivity index (χ2v) is 18.0. The van der Waals surface area contributed by atoms with E-state index < -0.39 is 0 Å². The van der Waals surface area contributed by atoms with Crippen molar-refractivity contribution < 1.29 is 18.9 Å². The molecule has 0 aliphatic rings. The van der Waals surface area contributed by atoms with Gasteiger partial charge in [0.2, 0.25) is 0 Å². The summed E-state index contributed by atoms with van der Waals surface area (Å²) in [6, 6.07) is 31.6. The van der Waals surface area contributed by atoms with Crippen molar-refractivity contribution in [3.8, 4) is 67.5 Å². The summed E-state index contributed by atoms with van der Waals surface area (Å²) in [5.74, 6) is 3.48. The number of rotatable bonds is 8. The summed E-state index contributed by atoms with van der Waals surface area (Å²) in [4.78, 5) is 0. The van der Waals surface area contributed by atoms with Crippen LogP contribution in [-0.4, -0.2) is 53.5 Å². The van der Waals surface area contributed by atoms with E-state index in [1.807, 2.05) is 25.0 Å². The molecule has 62 heavy (non-hydrogen) atoms. The van der Waals surface area contributed by atoms with Gasteiger partial charge in [0.25, 0.3) is 0 Å². The molecular weight excluding hydrogens is 801 g/mol. The van der Waals surface area contributed by atoms with Gasteiger partial charge in [-0.3, -0.25) is 0 Å². The summed E-state index contributed by atoms with van der Waals surface area (Å²) in [6.45, 7) is 17.6. The Hall–Kier alpha value is -5.30. The van der Waals surface area contributed by atoms with E-state index in [-0.39, 0.29) is 0 Å².